The van der Waals surface area contributed by atoms with Gasteiger partial charge in [-0.15, -0.1) is 0 Å². The first-order valence-corrected chi connectivity index (χ1v) is 5.89. The largest absolute Gasteiger partial charge is 0.346 e. The molecule has 0 fully saturated rings. The molecule has 1 N–H and O–H groups in total. The van der Waals surface area contributed by atoms with E-state index in [0.29, 0.717) is 0 Å². The summed E-state index contributed by atoms with van der Waals surface area (Å²) in [4.78, 5) is 0. The fourth-order valence-corrected chi connectivity index (χ4v) is 2.77. The summed E-state index contributed by atoms with van der Waals surface area (Å²) in [5.74, 6) is 0. The summed E-state index contributed by atoms with van der Waals surface area (Å²) in [5.41, 5.74) is 4.55. The Kier molecular flexibility index (Phi) is 1.93. The summed E-state index contributed by atoms with van der Waals surface area (Å²) in [7, 11) is 2.17. The van der Waals surface area contributed by atoms with Gasteiger partial charge in [0, 0.05) is 35.7 Å². The maximum Gasteiger partial charge on any atom is 0.0483 e. The summed E-state index contributed by atoms with van der Waals surface area (Å²) in [6.07, 6.45) is 1.11. The zero-order valence-electron chi connectivity index (χ0n) is 10.2. The van der Waals surface area contributed by atoms with E-state index in [1.54, 1.807) is 0 Å². The van der Waals surface area contributed by atoms with E-state index in [0.717, 1.165) is 13.0 Å². The van der Waals surface area contributed by atoms with Crippen molar-refractivity contribution in [3.8, 4) is 0 Å². The molecule has 84 valence electrons. The van der Waals surface area contributed by atoms with E-state index in [9.17, 15) is 0 Å². The Bertz CT molecular complexity index is 549. The summed E-state index contributed by atoms with van der Waals surface area (Å²) < 4.78 is 2.33. The highest BCUT2D eigenvalue weighted by molar-refractivity contribution is 5.85. The monoisotopic (exact) mass is 214 g/mol. The van der Waals surface area contributed by atoms with Crippen LogP contribution in [0.15, 0.2) is 24.3 Å². The van der Waals surface area contributed by atoms with Crippen molar-refractivity contribution in [3.63, 3.8) is 0 Å². The standard InChI is InChI=1S/C14H18N2/c1-14(2)8-11-10-6-4-5-7-12(10)16(3)13(11)9-15-14/h4-7,15H,8-9H2,1-3H3. The van der Waals surface area contributed by atoms with E-state index >= 15 is 0 Å². The highest BCUT2D eigenvalue weighted by Crippen LogP contribution is 2.31. The first kappa shape index (κ1) is 9.91. The Morgan fingerprint density at radius 2 is 2.00 bits per heavy atom. The summed E-state index contributed by atoms with van der Waals surface area (Å²) in [6, 6.07) is 8.71. The molecule has 2 aromatic rings. The predicted octanol–water partition coefficient (Wildman–Crippen LogP) is 2.60. The number of hydrogen-bond donors (Lipinski definition) is 1. The SMILES string of the molecule is Cn1c2c(c3ccccc31)CC(C)(C)NC2. The van der Waals surface area contributed by atoms with Crippen molar-refractivity contribution in [1.82, 2.24) is 9.88 Å². The summed E-state index contributed by atoms with van der Waals surface area (Å²) in [6.45, 7) is 5.53. The number of para-hydroxylation sites is 1. The second-order valence-electron chi connectivity index (χ2n) is 5.42. The molecule has 0 saturated carbocycles. The van der Waals surface area contributed by atoms with Crippen LogP contribution in [0.1, 0.15) is 25.1 Å². The van der Waals surface area contributed by atoms with Crippen molar-refractivity contribution in [3.05, 3.63) is 35.5 Å². The van der Waals surface area contributed by atoms with Crippen molar-refractivity contribution in [2.75, 3.05) is 0 Å². The molecule has 1 aromatic carbocycles. The number of nitrogens with one attached hydrogen (secondary N) is 1. The van der Waals surface area contributed by atoms with Crippen LogP contribution in [0.2, 0.25) is 0 Å². The normalized spacial score (nSPS) is 18.7. The van der Waals surface area contributed by atoms with E-state index < -0.39 is 0 Å². The average molecular weight is 214 g/mol. The van der Waals surface area contributed by atoms with Crippen molar-refractivity contribution >= 4 is 10.9 Å². The Hall–Kier alpha value is -1.28. The second-order valence-corrected chi connectivity index (χ2v) is 5.42. The number of aromatic nitrogens is 1. The number of benzene rings is 1. The zero-order chi connectivity index (χ0) is 11.3. The molecule has 1 aliphatic heterocycles. The average Bonchev–Trinajstić information content (AvgIpc) is 2.52. The molecule has 0 spiro atoms. The number of fused-ring (bicyclic) bond motifs is 3. The van der Waals surface area contributed by atoms with Crippen molar-refractivity contribution in [1.29, 1.82) is 0 Å². The second kappa shape index (κ2) is 3.11. The van der Waals surface area contributed by atoms with Gasteiger partial charge in [0.2, 0.25) is 0 Å². The van der Waals surface area contributed by atoms with Crippen LogP contribution in [-0.2, 0) is 20.0 Å². The minimum absolute atomic E-state index is 0.219. The van der Waals surface area contributed by atoms with Gasteiger partial charge in [0.1, 0.15) is 0 Å². The molecule has 0 aliphatic carbocycles. The smallest absolute Gasteiger partial charge is 0.0483 e. The van der Waals surface area contributed by atoms with Crippen molar-refractivity contribution < 1.29 is 0 Å². The molecule has 2 heterocycles. The molecular weight excluding hydrogens is 196 g/mol. The van der Waals surface area contributed by atoms with Crippen LogP contribution in [0.25, 0.3) is 10.9 Å². The van der Waals surface area contributed by atoms with Crippen molar-refractivity contribution in [2.24, 2.45) is 7.05 Å². The van der Waals surface area contributed by atoms with Gasteiger partial charge in [-0.05, 0) is 31.9 Å². The van der Waals surface area contributed by atoms with Crippen LogP contribution in [0.4, 0.5) is 0 Å². The predicted molar refractivity (Wildman–Crippen MR) is 67.5 cm³/mol. The lowest BCUT2D eigenvalue weighted by atomic mass is 9.89. The first-order valence-electron chi connectivity index (χ1n) is 5.89. The molecular formula is C14H18N2. The van der Waals surface area contributed by atoms with E-state index in [-0.39, 0.29) is 5.54 Å². The third kappa shape index (κ3) is 1.30. The lowest BCUT2D eigenvalue weighted by Gasteiger charge is -2.31. The number of rotatable bonds is 0. The van der Waals surface area contributed by atoms with Crippen molar-refractivity contribution in [2.45, 2.75) is 32.4 Å². The fourth-order valence-electron chi connectivity index (χ4n) is 2.77. The third-order valence-electron chi connectivity index (χ3n) is 3.70. The van der Waals surface area contributed by atoms with Gasteiger partial charge in [0.25, 0.3) is 0 Å². The Balaban J connectivity index is 2.29. The van der Waals surface area contributed by atoms with Crippen LogP contribution in [-0.4, -0.2) is 10.1 Å². The Morgan fingerprint density at radius 3 is 2.81 bits per heavy atom. The molecule has 16 heavy (non-hydrogen) atoms. The Labute approximate surface area is 96.3 Å². The van der Waals surface area contributed by atoms with Gasteiger partial charge >= 0.3 is 0 Å². The number of aryl methyl sites for hydroxylation is 1. The fraction of sp³-hybridized carbons (Fsp3) is 0.429. The molecule has 2 nitrogen and oxygen atoms in total. The summed E-state index contributed by atoms with van der Waals surface area (Å²) in [5, 5.41) is 5.02. The van der Waals surface area contributed by atoms with Crippen LogP contribution < -0.4 is 5.32 Å². The maximum atomic E-state index is 3.60. The molecule has 0 radical (unpaired) electrons. The van der Waals surface area contributed by atoms with Crippen LogP contribution >= 0.6 is 0 Å². The minimum atomic E-state index is 0.219. The summed E-state index contributed by atoms with van der Waals surface area (Å²) >= 11 is 0. The molecule has 1 aliphatic rings. The number of hydrogen-bond acceptors (Lipinski definition) is 1. The van der Waals surface area contributed by atoms with Gasteiger partial charge in [-0.25, -0.2) is 0 Å². The molecule has 0 unspecified atom stereocenters. The van der Waals surface area contributed by atoms with E-state index in [4.69, 9.17) is 0 Å². The highest BCUT2D eigenvalue weighted by Gasteiger charge is 2.28. The zero-order valence-corrected chi connectivity index (χ0v) is 10.2. The topological polar surface area (TPSA) is 17.0 Å². The lowest BCUT2D eigenvalue weighted by Crippen LogP contribution is -2.44. The van der Waals surface area contributed by atoms with E-state index in [1.807, 2.05) is 0 Å². The van der Waals surface area contributed by atoms with Crippen LogP contribution in [0.3, 0.4) is 0 Å². The van der Waals surface area contributed by atoms with Gasteiger partial charge < -0.3 is 9.88 Å². The Morgan fingerprint density at radius 1 is 1.25 bits per heavy atom. The number of nitrogens with zero attached hydrogens (tertiary/aromatic N) is 1. The van der Waals surface area contributed by atoms with Gasteiger partial charge in [-0.3, -0.25) is 0 Å². The molecule has 0 bridgehead atoms. The van der Waals surface area contributed by atoms with Gasteiger partial charge in [-0.2, -0.15) is 0 Å². The molecule has 2 heteroatoms. The van der Waals surface area contributed by atoms with Crippen LogP contribution in [0.5, 0.6) is 0 Å². The van der Waals surface area contributed by atoms with Gasteiger partial charge in [0.15, 0.2) is 0 Å². The van der Waals surface area contributed by atoms with E-state index in [2.05, 4.69) is 55.0 Å². The molecule has 0 atom stereocenters. The molecule has 1 aromatic heterocycles. The first-order chi connectivity index (χ1) is 7.58. The molecule has 0 amide bonds. The molecule has 0 saturated heterocycles. The minimum Gasteiger partial charge on any atom is -0.346 e. The maximum absolute atomic E-state index is 3.60. The van der Waals surface area contributed by atoms with Crippen LogP contribution in [0, 0.1) is 0 Å². The van der Waals surface area contributed by atoms with Gasteiger partial charge in [-0.1, -0.05) is 18.2 Å². The molecule has 3 rings (SSSR count). The third-order valence-corrected chi connectivity index (χ3v) is 3.70. The lowest BCUT2D eigenvalue weighted by molar-refractivity contribution is 0.357. The van der Waals surface area contributed by atoms with E-state index in [1.165, 1.54) is 22.2 Å². The van der Waals surface area contributed by atoms with Gasteiger partial charge in [0.05, 0.1) is 0 Å². The highest BCUT2D eigenvalue weighted by atomic mass is 15.0. The quantitative estimate of drug-likeness (QED) is 0.713.